The zero-order chi connectivity index (χ0) is 13.2. The van der Waals surface area contributed by atoms with Gasteiger partial charge in [-0.1, -0.05) is 36.4 Å². The van der Waals surface area contributed by atoms with Crippen LogP contribution in [0.15, 0.2) is 60.7 Å². The molecular weight excluding hydrogens is 236 g/mol. The van der Waals surface area contributed by atoms with Crippen molar-refractivity contribution in [1.82, 2.24) is 0 Å². The first-order chi connectivity index (χ1) is 9.28. The molecule has 0 aliphatic carbocycles. The predicted molar refractivity (Wildman–Crippen MR) is 77.6 cm³/mol. The maximum absolute atomic E-state index is 9.87. The van der Waals surface area contributed by atoms with Crippen LogP contribution in [0, 0.1) is 0 Å². The van der Waals surface area contributed by atoms with Crippen molar-refractivity contribution in [3.63, 3.8) is 0 Å². The van der Waals surface area contributed by atoms with Gasteiger partial charge in [-0.3, -0.25) is 0 Å². The fourth-order valence-electron chi connectivity index (χ4n) is 2.32. The number of methoxy groups -OCH3 is 1. The number of phenols is 1. The molecular formula is C17H14O2. The summed E-state index contributed by atoms with van der Waals surface area (Å²) in [5.41, 5.74) is 2.04. The van der Waals surface area contributed by atoms with Crippen LogP contribution >= 0.6 is 0 Å². The number of benzene rings is 3. The van der Waals surface area contributed by atoms with E-state index in [1.165, 1.54) is 0 Å². The first-order valence-corrected chi connectivity index (χ1v) is 6.14. The third kappa shape index (κ3) is 2.13. The monoisotopic (exact) mass is 250 g/mol. The Morgan fingerprint density at radius 1 is 0.895 bits per heavy atom. The zero-order valence-electron chi connectivity index (χ0n) is 10.6. The van der Waals surface area contributed by atoms with Crippen molar-refractivity contribution < 1.29 is 9.84 Å². The molecule has 0 aliphatic heterocycles. The van der Waals surface area contributed by atoms with Gasteiger partial charge >= 0.3 is 0 Å². The lowest BCUT2D eigenvalue weighted by Gasteiger charge is -2.09. The standard InChI is InChI=1S/C17H14O2/c1-19-15-7-4-6-13(10-15)17-11-14(18)9-12-5-2-3-8-16(12)17/h2-11,18H,1H3. The van der Waals surface area contributed by atoms with Gasteiger partial charge < -0.3 is 9.84 Å². The first kappa shape index (κ1) is 11.6. The lowest BCUT2D eigenvalue weighted by Crippen LogP contribution is -1.85. The van der Waals surface area contributed by atoms with E-state index in [9.17, 15) is 5.11 Å². The van der Waals surface area contributed by atoms with E-state index in [4.69, 9.17) is 4.74 Å². The molecule has 94 valence electrons. The highest BCUT2D eigenvalue weighted by molar-refractivity contribution is 5.98. The van der Waals surface area contributed by atoms with E-state index in [0.29, 0.717) is 0 Å². The Balaban J connectivity index is 2.29. The minimum atomic E-state index is 0.275. The topological polar surface area (TPSA) is 29.5 Å². The number of fused-ring (bicyclic) bond motifs is 1. The second kappa shape index (κ2) is 4.65. The molecule has 0 saturated carbocycles. The summed E-state index contributed by atoms with van der Waals surface area (Å²) < 4.78 is 5.26. The van der Waals surface area contributed by atoms with Crippen molar-refractivity contribution in [2.45, 2.75) is 0 Å². The minimum absolute atomic E-state index is 0.275. The van der Waals surface area contributed by atoms with Gasteiger partial charge in [-0.15, -0.1) is 0 Å². The Labute approximate surface area is 111 Å². The predicted octanol–water partition coefficient (Wildman–Crippen LogP) is 4.22. The molecule has 0 heterocycles. The Bertz CT molecular complexity index is 732. The molecule has 19 heavy (non-hydrogen) atoms. The van der Waals surface area contributed by atoms with E-state index < -0.39 is 0 Å². The number of rotatable bonds is 2. The molecule has 0 bridgehead atoms. The maximum atomic E-state index is 9.87. The quantitative estimate of drug-likeness (QED) is 0.737. The third-order valence-corrected chi connectivity index (χ3v) is 3.23. The fraction of sp³-hybridized carbons (Fsp3) is 0.0588. The summed E-state index contributed by atoms with van der Waals surface area (Å²) in [6, 6.07) is 19.4. The van der Waals surface area contributed by atoms with Gasteiger partial charge in [0.1, 0.15) is 11.5 Å². The second-order valence-electron chi connectivity index (χ2n) is 4.45. The van der Waals surface area contributed by atoms with Crippen LogP contribution in [0.5, 0.6) is 11.5 Å². The second-order valence-corrected chi connectivity index (χ2v) is 4.45. The van der Waals surface area contributed by atoms with Crippen LogP contribution in [0.4, 0.5) is 0 Å². The lowest BCUT2D eigenvalue weighted by molar-refractivity contribution is 0.415. The summed E-state index contributed by atoms with van der Waals surface area (Å²) in [5, 5.41) is 12.0. The molecule has 0 unspecified atom stereocenters. The highest BCUT2D eigenvalue weighted by atomic mass is 16.5. The molecule has 0 fully saturated rings. The van der Waals surface area contributed by atoms with Crippen LogP contribution in [0.25, 0.3) is 21.9 Å². The van der Waals surface area contributed by atoms with Gasteiger partial charge in [0.2, 0.25) is 0 Å². The Morgan fingerprint density at radius 3 is 2.58 bits per heavy atom. The molecule has 0 radical (unpaired) electrons. The number of phenolic OH excluding ortho intramolecular Hbond substituents is 1. The third-order valence-electron chi connectivity index (χ3n) is 3.23. The van der Waals surface area contributed by atoms with Crippen LogP contribution in [0.3, 0.4) is 0 Å². The molecule has 0 aromatic heterocycles. The summed E-state index contributed by atoms with van der Waals surface area (Å²) in [6.45, 7) is 0. The van der Waals surface area contributed by atoms with Gasteiger partial charge in [-0.2, -0.15) is 0 Å². The van der Waals surface area contributed by atoms with E-state index in [2.05, 4.69) is 6.07 Å². The molecule has 3 rings (SSSR count). The van der Waals surface area contributed by atoms with Crippen molar-refractivity contribution in [2.24, 2.45) is 0 Å². The average molecular weight is 250 g/mol. The van der Waals surface area contributed by atoms with E-state index in [-0.39, 0.29) is 5.75 Å². The van der Waals surface area contributed by atoms with Gasteiger partial charge in [0.15, 0.2) is 0 Å². The van der Waals surface area contributed by atoms with E-state index in [1.54, 1.807) is 19.2 Å². The molecule has 0 amide bonds. The fourth-order valence-corrected chi connectivity index (χ4v) is 2.32. The Kier molecular flexibility index (Phi) is 2.84. The number of aromatic hydroxyl groups is 1. The van der Waals surface area contributed by atoms with Gasteiger partial charge in [-0.05, 0) is 46.2 Å². The summed E-state index contributed by atoms with van der Waals surface area (Å²) >= 11 is 0. The summed E-state index contributed by atoms with van der Waals surface area (Å²) in [6.07, 6.45) is 0. The minimum Gasteiger partial charge on any atom is -0.508 e. The van der Waals surface area contributed by atoms with Crippen molar-refractivity contribution >= 4 is 10.8 Å². The number of hydrogen-bond donors (Lipinski definition) is 1. The Morgan fingerprint density at radius 2 is 1.74 bits per heavy atom. The van der Waals surface area contributed by atoms with Crippen LogP contribution < -0.4 is 4.74 Å². The van der Waals surface area contributed by atoms with Crippen molar-refractivity contribution in [3.8, 4) is 22.6 Å². The van der Waals surface area contributed by atoms with Crippen LogP contribution in [0.1, 0.15) is 0 Å². The van der Waals surface area contributed by atoms with Crippen LogP contribution in [-0.4, -0.2) is 12.2 Å². The summed E-state index contributed by atoms with van der Waals surface area (Å²) in [5.74, 6) is 1.08. The van der Waals surface area contributed by atoms with Gasteiger partial charge in [0, 0.05) is 0 Å². The van der Waals surface area contributed by atoms with E-state index >= 15 is 0 Å². The largest absolute Gasteiger partial charge is 0.508 e. The molecule has 0 aliphatic rings. The number of ether oxygens (including phenoxy) is 1. The van der Waals surface area contributed by atoms with Crippen LogP contribution in [-0.2, 0) is 0 Å². The van der Waals surface area contributed by atoms with Crippen molar-refractivity contribution in [3.05, 3.63) is 60.7 Å². The zero-order valence-corrected chi connectivity index (χ0v) is 10.6. The lowest BCUT2D eigenvalue weighted by atomic mass is 9.98. The molecule has 3 aromatic carbocycles. The average Bonchev–Trinajstić information content (AvgIpc) is 2.46. The SMILES string of the molecule is COc1cccc(-c2cc(O)cc3ccccc23)c1. The Hall–Kier alpha value is -2.48. The van der Waals surface area contributed by atoms with E-state index in [1.807, 2.05) is 42.5 Å². The first-order valence-electron chi connectivity index (χ1n) is 6.14. The highest BCUT2D eigenvalue weighted by Gasteiger charge is 2.06. The molecule has 2 nitrogen and oxygen atoms in total. The molecule has 1 N–H and O–H groups in total. The molecule has 2 heteroatoms. The smallest absolute Gasteiger partial charge is 0.119 e. The van der Waals surface area contributed by atoms with Crippen LogP contribution in [0.2, 0.25) is 0 Å². The summed E-state index contributed by atoms with van der Waals surface area (Å²) in [7, 11) is 1.65. The van der Waals surface area contributed by atoms with Gasteiger partial charge in [0.25, 0.3) is 0 Å². The normalized spacial score (nSPS) is 10.6. The van der Waals surface area contributed by atoms with Crippen molar-refractivity contribution in [2.75, 3.05) is 7.11 Å². The summed E-state index contributed by atoms with van der Waals surface area (Å²) in [4.78, 5) is 0. The molecule has 0 atom stereocenters. The molecule has 0 spiro atoms. The number of hydrogen-bond acceptors (Lipinski definition) is 2. The highest BCUT2D eigenvalue weighted by Crippen LogP contribution is 2.33. The van der Waals surface area contributed by atoms with Crippen molar-refractivity contribution in [1.29, 1.82) is 0 Å². The van der Waals surface area contributed by atoms with Gasteiger partial charge in [0.05, 0.1) is 7.11 Å². The maximum Gasteiger partial charge on any atom is 0.119 e. The van der Waals surface area contributed by atoms with Gasteiger partial charge in [-0.25, -0.2) is 0 Å². The molecule has 0 saturated heterocycles. The molecule has 3 aromatic rings. The van der Waals surface area contributed by atoms with E-state index in [0.717, 1.165) is 27.6 Å².